The first-order valence-corrected chi connectivity index (χ1v) is 2.59. The first kappa shape index (κ1) is 7.05. The maximum atomic E-state index is 9.66. The van der Waals surface area contributed by atoms with Gasteiger partial charge in [-0.15, -0.1) is 0 Å². The van der Waals surface area contributed by atoms with E-state index in [2.05, 4.69) is 0 Å². The van der Waals surface area contributed by atoms with Gasteiger partial charge in [0, 0.05) is 6.08 Å². The first-order valence-electron chi connectivity index (χ1n) is 1.71. The third-order valence-electron chi connectivity index (χ3n) is 0.331. The molecule has 0 aromatic carbocycles. The Kier molecular flexibility index (Phi) is 3.71. The number of carboxylic acid groups (broad SMARTS) is 1. The summed E-state index contributed by atoms with van der Waals surface area (Å²) in [5.41, 5.74) is 0. The fourth-order valence-corrected chi connectivity index (χ4v) is 0.368. The van der Waals surface area contributed by atoms with Gasteiger partial charge in [0.1, 0.15) is 5.40 Å². The SMILES string of the molecule is N#CS/C=C\C(=O)O. The van der Waals surface area contributed by atoms with E-state index in [0.717, 1.165) is 17.8 Å². The maximum Gasteiger partial charge on any atom is 0.328 e. The number of nitrogens with zero attached hydrogens (tertiary/aromatic N) is 1. The van der Waals surface area contributed by atoms with Crippen LogP contribution in [-0.4, -0.2) is 11.1 Å². The Morgan fingerprint density at radius 3 is 2.88 bits per heavy atom. The van der Waals surface area contributed by atoms with Crippen molar-refractivity contribution < 1.29 is 9.90 Å². The van der Waals surface area contributed by atoms with Crippen molar-refractivity contribution in [2.45, 2.75) is 0 Å². The second-order valence-corrected chi connectivity index (χ2v) is 1.54. The summed E-state index contributed by atoms with van der Waals surface area (Å²) < 4.78 is 0. The predicted molar refractivity (Wildman–Crippen MR) is 30.0 cm³/mol. The van der Waals surface area contributed by atoms with Gasteiger partial charge in [-0.1, -0.05) is 0 Å². The molecule has 0 aromatic heterocycles. The zero-order chi connectivity index (χ0) is 6.41. The molecule has 0 aliphatic carbocycles. The Balaban J connectivity index is 3.38. The molecule has 3 nitrogen and oxygen atoms in total. The van der Waals surface area contributed by atoms with Crippen LogP contribution < -0.4 is 0 Å². The monoisotopic (exact) mass is 129 g/mol. The molecule has 0 amide bonds. The summed E-state index contributed by atoms with van der Waals surface area (Å²) in [5.74, 6) is -1.03. The number of hydrogen-bond acceptors (Lipinski definition) is 3. The highest BCUT2D eigenvalue weighted by atomic mass is 32.2. The largest absolute Gasteiger partial charge is 0.478 e. The van der Waals surface area contributed by atoms with Crippen molar-refractivity contribution in [2.75, 3.05) is 0 Å². The third kappa shape index (κ3) is 5.05. The van der Waals surface area contributed by atoms with Gasteiger partial charge in [0.25, 0.3) is 0 Å². The van der Waals surface area contributed by atoms with E-state index >= 15 is 0 Å². The van der Waals surface area contributed by atoms with Crippen LogP contribution in [0.2, 0.25) is 0 Å². The van der Waals surface area contributed by atoms with E-state index in [1.54, 1.807) is 5.40 Å². The Labute approximate surface area is 50.6 Å². The molecule has 1 N–H and O–H groups in total. The van der Waals surface area contributed by atoms with Crippen molar-refractivity contribution in [1.82, 2.24) is 0 Å². The summed E-state index contributed by atoms with van der Waals surface area (Å²) in [6.45, 7) is 0. The summed E-state index contributed by atoms with van der Waals surface area (Å²) in [6.07, 6.45) is 0.911. The van der Waals surface area contributed by atoms with E-state index in [0.29, 0.717) is 0 Å². The fraction of sp³-hybridized carbons (Fsp3) is 0. The molecule has 0 saturated heterocycles. The molecule has 0 aliphatic heterocycles. The van der Waals surface area contributed by atoms with E-state index < -0.39 is 5.97 Å². The van der Waals surface area contributed by atoms with Crippen LogP contribution in [0.15, 0.2) is 11.5 Å². The van der Waals surface area contributed by atoms with Crippen LogP contribution in [0.1, 0.15) is 0 Å². The van der Waals surface area contributed by atoms with E-state index in [1.807, 2.05) is 0 Å². The summed E-state index contributed by atoms with van der Waals surface area (Å²) in [7, 11) is 0. The van der Waals surface area contributed by atoms with Gasteiger partial charge in [-0.25, -0.2) is 4.79 Å². The molecule has 0 rings (SSSR count). The molecule has 0 fully saturated rings. The molecule has 0 atom stereocenters. The molecular weight excluding hydrogens is 126 g/mol. The van der Waals surface area contributed by atoms with Crippen LogP contribution in [0.4, 0.5) is 0 Å². The minimum absolute atomic E-state index is 0.781. The summed E-state index contributed by atoms with van der Waals surface area (Å²) >= 11 is 0.781. The maximum absolute atomic E-state index is 9.66. The third-order valence-corrected chi connectivity index (χ3v) is 0.709. The number of aliphatic carboxylic acids is 1. The van der Waals surface area contributed by atoms with Crippen molar-refractivity contribution in [3.8, 4) is 5.40 Å². The first-order chi connectivity index (χ1) is 3.77. The Morgan fingerprint density at radius 1 is 1.88 bits per heavy atom. The number of carboxylic acids is 1. The molecule has 0 aliphatic rings. The molecule has 8 heavy (non-hydrogen) atoms. The predicted octanol–water partition coefficient (Wildman–Crippen LogP) is 0.799. The zero-order valence-electron chi connectivity index (χ0n) is 3.87. The van der Waals surface area contributed by atoms with E-state index in [1.165, 1.54) is 5.41 Å². The average molecular weight is 129 g/mol. The van der Waals surface area contributed by atoms with E-state index in [-0.39, 0.29) is 0 Å². The van der Waals surface area contributed by atoms with E-state index in [9.17, 15) is 4.79 Å². The molecule has 0 saturated carbocycles. The van der Waals surface area contributed by atoms with Crippen LogP contribution >= 0.6 is 11.8 Å². The lowest BCUT2D eigenvalue weighted by Crippen LogP contribution is -1.83. The molecule has 0 aromatic rings. The van der Waals surface area contributed by atoms with Gasteiger partial charge in [0.15, 0.2) is 0 Å². The van der Waals surface area contributed by atoms with Gasteiger partial charge in [0.2, 0.25) is 0 Å². The number of thiocyanates is 1. The Hall–Kier alpha value is -0.950. The average Bonchev–Trinajstić information content (AvgIpc) is 1.66. The topological polar surface area (TPSA) is 61.1 Å². The lowest BCUT2D eigenvalue weighted by molar-refractivity contribution is -0.131. The fourth-order valence-electron chi connectivity index (χ4n) is 0.123. The summed E-state index contributed by atoms with van der Waals surface area (Å²) in [4.78, 5) is 9.66. The highest BCUT2D eigenvalue weighted by Gasteiger charge is 1.81. The molecule has 0 heterocycles. The molecule has 0 unspecified atom stereocenters. The van der Waals surface area contributed by atoms with Crippen LogP contribution in [0.5, 0.6) is 0 Å². The number of nitriles is 1. The lowest BCUT2D eigenvalue weighted by Gasteiger charge is -1.72. The number of carbonyl (C=O) groups is 1. The van der Waals surface area contributed by atoms with Crippen molar-refractivity contribution in [1.29, 1.82) is 5.26 Å². The van der Waals surface area contributed by atoms with Crippen molar-refractivity contribution in [3.05, 3.63) is 11.5 Å². The van der Waals surface area contributed by atoms with Crippen LogP contribution in [0, 0.1) is 10.7 Å². The van der Waals surface area contributed by atoms with Crippen molar-refractivity contribution in [3.63, 3.8) is 0 Å². The van der Waals surface area contributed by atoms with Gasteiger partial charge in [-0.3, -0.25) is 0 Å². The highest BCUT2D eigenvalue weighted by Crippen LogP contribution is 1.95. The van der Waals surface area contributed by atoms with Gasteiger partial charge in [-0.2, -0.15) is 5.26 Å². The lowest BCUT2D eigenvalue weighted by atomic mass is 10.7. The van der Waals surface area contributed by atoms with Gasteiger partial charge < -0.3 is 5.11 Å². The number of thioether (sulfide) groups is 1. The molecule has 0 bridgehead atoms. The number of rotatable bonds is 2. The quantitative estimate of drug-likeness (QED) is 0.442. The van der Waals surface area contributed by atoms with Gasteiger partial charge in [-0.05, 0) is 17.2 Å². The van der Waals surface area contributed by atoms with Gasteiger partial charge >= 0.3 is 5.97 Å². The van der Waals surface area contributed by atoms with Crippen molar-refractivity contribution >= 4 is 17.7 Å². The second-order valence-electron chi connectivity index (χ2n) is 0.850. The summed E-state index contributed by atoms with van der Waals surface area (Å²) in [5, 5.41) is 18.7. The normalized spacial score (nSPS) is 8.88. The smallest absolute Gasteiger partial charge is 0.328 e. The minimum Gasteiger partial charge on any atom is -0.478 e. The summed E-state index contributed by atoms with van der Waals surface area (Å²) in [6, 6.07) is 0. The highest BCUT2D eigenvalue weighted by molar-refractivity contribution is 8.06. The Bertz CT molecular complexity index is 147. The molecule has 0 spiro atoms. The second kappa shape index (κ2) is 4.22. The minimum atomic E-state index is -1.03. The molecule has 0 radical (unpaired) electrons. The molecule has 4 heteroatoms. The molecule has 42 valence electrons. The van der Waals surface area contributed by atoms with Crippen LogP contribution in [0.25, 0.3) is 0 Å². The van der Waals surface area contributed by atoms with E-state index in [4.69, 9.17) is 10.4 Å². The van der Waals surface area contributed by atoms with Gasteiger partial charge in [0.05, 0.1) is 0 Å². The number of hydrogen-bond donors (Lipinski definition) is 1. The van der Waals surface area contributed by atoms with Crippen molar-refractivity contribution in [2.24, 2.45) is 0 Å². The van der Waals surface area contributed by atoms with Crippen LogP contribution in [-0.2, 0) is 4.79 Å². The van der Waals surface area contributed by atoms with Crippen LogP contribution in [0.3, 0.4) is 0 Å². The Morgan fingerprint density at radius 2 is 2.50 bits per heavy atom. The molecular formula is C4H3NO2S. The zero-order valence-corrected chi connectivity index (χ0v) is 4.68. The standard InChI is InChI=1S/C4H3NO2S/c5-3-8-2-1-4(6)7/h1-2H,(H,6,7)/b2-1-.